The third kappa shape index (κ3) is 2.94. The van der Waals surface area contributed by atoms with Crippen LogP contribution in [0, 0.1) is 11.8 Å². The average Bonchev–Trinajstić information content (AvgIpc) is 3.07. The molecule has 0 radical (unpaired) electrons. The van der Waals surface area contributed by atoms with Gasteiger partial charge in [-0.3, -0.25) is 0 Å². The molecule has 0 amide bonds. The summed E-state index contributed by atoms with van der Waals surface area (Å²) in [6, 6.07) is 7.17. The molecule has 21 heavy (non-hydrogen) atoms. The summed E-state index contributed by atoms with van der Waals surface area (Å²) in [4.78, 5) is 0.421. The predicted molar refractivity (Wildman–Crippen MR) is 84.8 cm³/mol. The number of nitrogens with one attached hydrogen (secondary N) is 1. The first kappa shape index (κ1) is 14.9. The topological polar surface area (TPSA) is 49.4 Å². The molecule has 1 aromatic rings. The van der Waals surface area contributed by atoms with Crippen molar-refractivity contribution in [1.82, 2.24) is 4.31 Å². The van der Waals surface area contributed by atoms with Gasteiger partial charge in [0.1, 0.15) is 0 Å². The van der Waals surface area contributed by atoms with E-state index in [0.29, 0.717) is 29.8 Å². The minimum atomic E-state index is -3.31. The van der Waals surface area contributed by atoms with Crippen molar-refractivity contribution >= 4 is 15.7 Å². The Bertz CT molecular complexity index is 571. The zero-order valence-electron chi connectivity index (χ0n) is 12.6. The van der Waals surface area contributed by atoms with Crippen molar-refractivity contribution in [3.63, 3.8) is 0 Å². The van der Waals surface area contributed by atoms with Crippen LogP contribution in [0.2, 0.25) is 0 Å². The van der Waals surface area contributed by atoms with Crippen molar-refractivity contribution in [3.8, 4) is 0 Å². The Balaban J connectivity index is 1.73. The molecule has 2 atom stereocenters. The number of sulfonamides is 1. The Morgan fingerprint density at radius 3 is 2.33 bits per heavy atom. The van der Waals surface area contributed by atoms with E-state index in [0.717, 1.165) is 18.7 Å². The molecule has 0 bridgehead atoms. The van der Waals surface area contributed by atoms with Crippen molar-refractivity contribution < 1.29 is 8.42 Å². The minimum absolute atomic E-state index is 0.421. The molecular weight excluding hydrogens is 284 g/mol. The first-order valence-electron chi connectivity index (χ1n) is 7.95. The van der Waals surface area contributed by atoms with Crippen LogP contribution in [-0.2, 0) is 10.0 Å². The number of hydrogen-bond acceptors (Lipinski definition) is 3. The van der Waals surface area contributed by atoms with Crippen LogP contribution in [0.25, 0.3) is 0 Å². The number of nitrogens with zero attached hydrogens (tertiary/aromatic N) is 1. The first-order chi connectivity index (χ1) is 10.1. The summed E-state index contributed by atoms with van der Waals surface area (Å²) in [5, 5.41) is 3.27. The van der Waals surface area contributed by atoms with Crippen LogP contribution in [0.1, 0.15) is 32.6 Å². The number of anilines is 1. The van der Waals surface area contributed by atoms with Gasteiger partial charge in [0.2, 0.25) is 10.0 Å². The van der Waals surface area contributed by atoms with Crippen LogP contribution < -0.4 is 5.32 Å². The zero-order chi connectivity index (χ0) is 14.9. The third-order valence-electron chi connectivity index (χ3n) is 4.76. The van der Waals surface area contributed by atoms with E-state index in [2.05, 4.69) is 12.2 Å². The Morgan fingerprint density at radius 2 is 1.76 bits per heavy atom. The minimum Gasteiger partial charge on any atom is -0.385 e. The Hall–Kier alpha value is -1.07. The van der Waals surface area contributed by atoms with E-state index >= 15 is 0 Å². The lowest BCUT2D eigenvalue weighted by atomic mass is 10.0. The number of fused-ring (bicyclic) bond motifs is 1. The predicted octanol–water partition coefficient (Wildman–Crippen LogP) is 2.93. The van der Waals surface area contributed by atoms with Gasteiger partial charge in [-0.1, -0.05) is 13.3 Å². The maximum atomic E-state index is 12.7. The van der Waals surface area contributed by atoms with Gasteiger partial charge in [0.15, 0.2) is 0 Å². The molecule has 3 rings (SSSR count). The van der Waals surface area contributed by atoms with E-state index in [9.17, 15) is 8.42 Å². The van der Waals surface area contributed by atoms with Crippen LogP contribution in [0.3, 0.4) is 0 Å². The summed E-state index contributed by atoms with van der Waals surface area (Å²) in [6.45, 7) is 4.43. The second-order valence-electron chi connectivity index (χ2n) is 6.22. The van der Waals surface area contributed by atoms with Crippen LogP contribution in [0.5, 0.6) is 0 Å². The van der Waals surface area contributed by atoms with Gasteiger partial charge in [-0.15, -0.1) is 0 Å². The highest BCUT2D eigenvalue weighted by Gasteiger charge is 2.41. The second-order valence-corrected chi connectivity index (χ2v) is 8.16. The van der Waals surface area contributed by atoms with Crippen molar-refractivity contribution in [2.45, 2.75) is 37.5 Å². The van der Waals surface area contributed by atoms with Gasteiger partial charge in [0.05, 0.1) is 4.90 Å². The number of hydrogen-bond donors (Lipinski definition) is 1. The van der Waals surface area contributed by atoms with Crippen LogP contribution in [0.4, 0.5) is 5.69 Å². The fraction of sp³-hybridized carbons (Fsp3) is 0.625. The second kappa shape index (κ2) is 5.97. The van der Waals surface area contributed by atoms with Gasteiger partial charge in [0, 0.05) is 25.3 Å². The van der Waals surface area contributed by atoms with Gasteiger partial charge < -0.3 is 5.32 Å². The molecule has 2 fully saturated rings. The summed E-state index contributed by atoms with van der Waals surface area (Å²) in [5.74, 6) is 1.18. The van der Waals surface area contributed by atoms with E-state index in [1.807, 2.05) is 12.1 Å². The smallest absolute Gasteiger partial charge is 0.243 e. The molecule has 4 nitrogen and oxygen atoms in total. The average molecular weight is 308 g/mol. The molecule has 1 aliphatic heterocycles. The first-order valence-corrected chi connectivity index (χ1v) is 9.39. The number of benzene rings is 1. The Labute approximate surface area is 127 Å². The van der Waals surface area contributed by atoms with Gasteiger partial charge >= 0.3 is 0 Å². The molecule has 0 spiro atoms. The van der Waals surface area contributed by atoms with E-state index in [-0.39, 0.29) is 0 Å². The van der Waals surface area contributed by atoms with E-state index in [1.165, 1.54) is 19.3 Å². The largest absolute Gasteiger partial charge is 0.385 e. The molecule has 1 aromatic carbocycles. The third-order valence-corrected chi connectivity index (χ3v) is 6.61. The molecule has 1 heterocycles. The Morgan fingerprint density at radius 1 is 1.14 bits per heavy atom. The van der Waals surface area contributed by atoms with Crippen LogP contribution >= 0.6 is 0 Å². The maximum Gasteiger partial charge on any atom is 0.243 e. The molecule has 1 N–H and O–H groups in total. The van der Waals surface area contributed by atoms with Crippen LogP contribution in [-0.4, -0.2) is 32.4 Å². The standard InChI is InChI=1S/C16H24N2O2S/c1-2-10-17-15-6-8-16(9-7-15)21(19,20)18-11-13-4-3-5-14(13)12-18/h6-9,13-14,17H,2-5,10-12H2,1H3. The van der Waals surface area contributed by atoms with Crippen molar-refractivity contribution in [3.05, 3.63) is 24.3 Å². The van der Waals surface area contributed by atoms with Crippen molar-refractivity contribution in [2.24, 2.45) is 11.8 Å². The lowest BCUT2D eigenvalue weighted by molar-refractivity contribution is 0.445. The fourth-order valence-electron chi connectivity index (χ4n) is 3.55. The molecular formula is C16H24N2O2S. The van der Waals surface area contributed by atoms with E-state index < -0.39 is 10.0 Å². The highest BCUT2D eigenvalue weighted by Crippen LogP contribution is 2.39. The number of rotatable bonds is 5. The highest BCUT2D eigenvalue weighted by molar-refractivity contribution is 7.89. The SMILES string of the molecule is CCCNc1ccc(S(=O)(=O)N2CC3CCCC3C2)cc1. The summed E-state index contributed by atoms with van der Waals surface area (Å²) >= 11 is 0. The summed E-state index contributed by atoms with van der Waals surface area (Å²) in [7, 11) is -3.31. The quantitative estimate of drug-likeness (QED) is 0.910. The molecule has 1 aliphatic carbocycles. The van der Waals surface area contributed by atoms with Gasteiger partial charge in [-0.2, -0.15) is 4.31 Å². The molecule has 1 saturated carbocycles. The molecule has 116 valence electrons. The Kier molecular flexibility index (Phi) is 4.22. The lowest BCUT2D eigenvalue weighted by Crippen LogP contribution is -2.29. The summed E-state index contributed by atoms with van der Waals surface area (Å²) in [5.41, 5.74) is 0.981. The van der Waals surface area contributed by atoms with Crippen molar-refractivity contribution in [2.75, 3.05) is 25.0 Å². The monoisotopic (exact) mass is 308 g/mol. The summed E-state index contributed by atoms with van der Waals surface area (Å²) < 4.78 is 27.1. The van der Waals surface area contributed by atoms with E-state index in [1.54, 1.807) is 16.4 Å². The van der Waals surface area contributed by atoms with Gasteiger partial charge in [-0.25, -0.2) is 8.42 Å². The molecule has 2 unspecified atom stereocenters. The molecule has 0 aromatic heterocycles. The fourth-order valence-corrected chi connectivity index (χ4v) is 5.11. The molecule has 2 aliphatic rings. The van der Waals surface area contributed by atoms with Crippen LogP contribution in [0.15, 0.2) is 29.2 Å². The van der Waals surface area contributed by atoms with Crippen molar-refractivity contribution in [1.29, 1.82) is 0 Å². The lowest BCUT2D eigenvalue weighted by Gasteiger charge is -2.17. The molecule has 5 heteroatoms. The zero-order valence-corrected chi connectivity index (χ0v) is 13.4. The normalized spacial score (nSPS) is 26.0. The molecule has 1 saturated heterocycles. The van der Waals surface area contributed by atoms with E-state index in [4.69, 9.17) is 0 Å². The van der Waals surface area contributed by atoms with Gasteiger partial charge in [-0.05, 0) is 55.4 Å². The summed E-state index contributed by atoms with van der Waals surface area (Å²) in [6.07, 6.45) is 4.70. The highest BCUT2D eigenvalue weighted by atomic mass is 32.2. The van der Waals surface area contributed by atoms with Gasteiger partial charge in [0.25, 0.3) is 0 Å². The maximum absolute atomic E-state index is 12.7.